The molecule has 1 aliphatic rings. The van der Waals surface area contributed by atoms with E-state index in [1.165, 1.54) is 31.6 Å². The lowest BCUT2D eigenvalue weighted by molar-refractivity contribution is 0.234. The van der Waals surface area contributed by atoms with Crippen LogP contribution in [0.5, 0.6) is 0 Å². The predicted molar refractivity (Wildman–Crippen MR) is 79.0 cm³/mol. The Kier molecular flexibility index (Phi) is 5.40. The van der Waals surface area contributed by atoms with Crippen molar-refractivity contribution in [2.45, 2.75) is 52.7 Å². The molecule has 4 heteroatoms. The highest BCUT2D eigenvalue weighted by Crippen LogP contribution is 2.13. The van der Waals surface area contributed by atoms with Crippen LogP contribution in [0.4, 0.5) is 0 Å². The molecule has 0 spiro atoms. The van der Waals surface area contributed by atoms with E-state index < -0.39 is 0 Å². The summed E-state index contributed by atoms with van der Waals surface area (Å²) in [4.78, 5) is 6.89. The minimum absolute atomic E-state index is 0.612. The fraction of sp³-hybridized carbons (Fsp3) is 0.800. The van der Waals surface area contributed by atoms with Crippen molar-refractivity contribution in [3.05, 3.63) is 18.2 Å². The summed E-state index contributed by atoms with van der Waals surface area (Å²) in [6.45, 7) is 12.4. The van der Waals surface area contributed by atoms with Gasteiger partial charge in [0.1, 0.15) is 0 Å². The van der Waals surface area contributed by atoms with Crippen LogP contribution in [0.25, 0.3) is 0 Å². The maximum Gasteiger partial charge on any atom is 0.0949 e. The SMILES string of the molecule is CC(C)CNCc1cncn1CC(C)N1CCCC1. The van der Waals surface area contributed by atoms with E-state index in [2.05, 4.69) is 40.5 Å². The monoisotopic (exact) mass is 264 g/mol. The highest BCUT2D eigenvalue weighted by molar-refractivity contribution is 4.98. The van der Waals surface area contributed by atoms with Crippen LogP contribution in [0.3, 0.4) is 0 Å². The number of likely N-dealkylation sites (tertiary alicyclic amines) is 1. The first-order valence-corrected chi connectivity index (χ1v) is 7.60. The van der Waals surface area contributed by atoms with Crippen molar-refractivity contribution in [1.82, 2.24) is 19.8 Å². The third-order valence-corrected chi connectivity index (χ3v) is 3.88. The molecule has 0 aliphatic carbocycles. The van der Waals surface area contributed by atoms with E-state index in [-0.39, 0.29) is 0 Å². The number of hydrogen-bond acceptors (Lipinski definition) is 3. The third kappa shape index (κ3) is 4.32. The van der Waals surface area contributed by atoms with Crippen molar-refractivity contribution in [3.8, 4) is 0 Å². The average molecular weight is 264 g/mol. The zero-order valence-electron chi connectivity index (χ0n) is 12.6. The Labute approximate surface area is 117 Å². The van der Waals surface area contributed by atoms with Crippen LogP contribution < -0.4 is 5.32 Å². The summed E-state index contributed by atoms with van der Waals surface area (Å²) in [5.41, 5.74) is 1.30. The molecule has 19 heavy (non-hydrogen) atoms. The maximum absolute atomic E-state index is 4.30. The Morgan fingerprint density at radius 2 is 2.00 bits per heavy atom. The molecule has 1 N–H and O–H groups in total. The maximum atomic E-state index is 4.30. The van der Waals surface area contributed by atoms with Crippen LogP contribution in [0.15, 0.2) is 12.5 Å². The Morgan fingerprint density at radius 3 is 2.68 bits per heavy atom. The van der Waals surface area contributed by atoms with E-state index in [9.17, 15) is 0 Å². The van der Waals surface area contributed by atoms with Gasteiger partial charge >= 0.3 is 0 Å². The number of rotatable bonds is 7. The summed E-state index contributed by atoms with van der Waals surface area (Å²) in [5.74, 6) is 0.694. The minimum Gasteiger partial charge on any atom is -0.332 e. The number of nitrogens with zero attached hydrogens (tertiary/aromatic N) is 3. The molecule has 1 aromatic rings. The van der Waals surface area contributed by atoms with Gasteiger partial charge in [0, 0.05) is 25.3 Å². The van der Waals surface area contributed by atoms with Crippen molar-refractivity contribution in [3.63, 3.8) is 0 Å². The van der Waals surface area contributed by atoms with Crippen LogP contribution in [-0.4, -0.2) is 40.1 Å². The van der Waals surface area contributed by atoms with Crippen molar-refractivity contribution in [2.75, 3.05) is 19.6 Å². The molecule has 2 heterocycles. The molecule has 1 aromatic heterocycles. The van der Waals surface area contributed by atoms with Crippen LogP contribution in [-0.2, 0) is 13.1 Å². The third-order valence-electron chi connectivity index (χ3n) is 3.88. The molecule has 0 bridgehead atoms. The van der Waals surface area contributed by atoms with Gasteiger partial charge in [0.15, 0.2) is 0 Å². The molecule has 0 saturated carbocycles. The number of hydrogen-bond donors (Lipinski definition) is 1. The fourth-order valence-corrected chi connectivity index (χ4v) is 2.73. The molecule has 2 rings (SSSR count). The lowest BCUT2D eigenvalue weighted by atomic mass is 10.2. The van der Waals surface area contributed by atoms with Gasteiger partial charge in [-0.3, -0.25) is 4.90 Å². The lowest BCUT2D eigenvalue weighted by Gasteiger charge is -2.24. The van der Waals surface area contributed by atoms with E-state index in [0.29, 0.717) is 12.0 Å². The highest BCUT2D eigenvalue weighted by Gasteiger charge is 2.18. The summed E-state index contributed by atoms with van der Waals surface area (Å²) >= 11 is 0. The van der Waals surface area contributed by atoms with E-state index in [1.807, 2.05) is 12.5 Å². The highest BCUT2D eigenvalue weighted by atomic mass is 15.2. The molecular weight excluding hydrogens is 236 g/mol. The van der Waals surface area contributed by atoms with Crippen LogP contribution in [0.1, 0.15) is 39.3 Å². The largest absolute Gasteiger partial charge is 0.332 e. The summed E-state index contributed by atoms with van der Waals surface area (Å²) < 4.78 is 2.30. The summed E-state index contributed by atoms with van der Waals surface area (Å²) in [7, 11) is 0. The molecule has 1 fully saturated rings. The van der Waals surface area contributed by atoms with E-state index in [0.717, 1.165) is 19.6 Å². The molecule has 1 saturated heterocycles. The van der Waals surface area contributed by atoms with Crippen molar-refractivity contribution < 1.29 is 0 Å². The first kappa shape index (κ1) is 14.5. The van der Waals surface area contributed by atoms with Crippen LogP contribution in [0, 0.1) is 5.92 Å². The van der Waals surface area contributed by atoms with Crippen molar-refractivity contribution in [1.29, 1.82) is 0 Å². The quantitative estimate of drug-likeness (QED) is 0.819. The molecule has 108 valence electrons. The summed E-state index contributed by atoms with van der Waals surface area (Å²) in [5, 5.41) is 3.50. The molecule has 0 amide bonds. The van der Waals surface area contributed by atoms with Gasteiger partial charge in [0.25, 0.3) is 0 Å². The fourth-order valence-electron chi connectivity index (χ4n) is 2.73. The second-order valence-corrected chi connectivity index (χ2v) is 6.15. The lowest BCUT2D eigenvalue weighted by Crippen LogP contribution is -2.34. The van der Waals surface area contributed by atoms with Gasteiger partial charge in [-0.05, 0) is 45.3 Å². The van der Waals surface area contributed by atoms with Gasteiger partial charge in [-0.2, -0.15) is 0 Å². The smallest absolute Gasteiger partial charge is 0.0949 e. The van der Waals surface area contributed by atoms with Gasteiger partial charge in [0.05, 0.1) is 12.0 Å². The zero-order chi connectivity index (χ0) is 13.7. The second kappa shape index (κ2) is 7.06. The number of aromatic nitrogens is 2. The Hall–Kier alpha value is -0.870. The predicted octanol–water partition coefficient (Wildman–Crippen LogP) is 2.11. The average Bonchev–Trinajstić information content (AvgIpc) is 3.00. The molecule has 0 aromatic carbocycles. The number of imidazole rings is 1. The van der Waals surface area contributed by atoms with Gasteiger partial charge in [0.2, 0.25) is 0 Å². The topological polar surface area (TPSA) is 33.1 Å². The molecular formula is C15H28N4. The molecule has 1 unspecified atom stereocenters. The normalized spacial score (nSPS) is 18.3. The minimum atomic E-state index is 0.612. The molecule has 1 aliphatic heterocycles. The summed E-state index contributed by atoms with van der Waals surface area (Å²) in [6, 6.07) is 0.612. The van der Waals surface area contributed by atoms with Crippen LogP contribution in [0.2, 0.25) is 0 Å². The first-order valence-electron chi connectivity index (χ1n) is 7.60. The second-order valence-electron chi connectivity index (χ2n) is 6.15. The standard InChI is InChI=1S/C15H28N4/c1-13(2)8-16-9-15-10-17-12-19(15)11-14(3)18-6-4-5-7-18/h10,12-14,16H,4-9,11H2,1-3H3. The van der Waals surface area contributed by atoms with Crippen molar-refractivity contribution in [2.24, 2.45) is 5.92 Å². The van der Waals surface area contributed by atoms with Gasteiger partial charge in [-0.1, -0.05) is 13.8 Å². The number of nitrogens with one attached hydrogen (secondary N) is 1. The molecule has 1 atom stereocenters. The first-order chi connectivity index (χ1) is 9.16. The van der Waals surface area contributed by atoms with Gasteiger partial charge < -0.3 is 9.88 Å². The Balaban J connectivity index is 1.84. The Morgan fingerprint density at radius 1 is 1.26 bits per heavy atom. The van der Waals surface area contributed by atoms with Gasteiger partial charge in [-0.25, -0.2) is 4.98 Å². The van der Waals surface area contributed by atoms with Crippen LogP contribution >= 0.6 is 0 Å². The van der Waals surface area contributed by atoms with Crippen molar-refractivity contribution >= 4 is 0 Å². The van der Waals surface area contributed by atoms with E-state index in [1.54, 1.807) is 0 Å². The molecule has 4 nitrogen and oxygen atoms in total. The summed E-state index contributed by atoms with van der Waals surface area (Å²) in [6.07, 6.45) is 6.68. The molecule has 0 radical (unpaired) electrons. The van der Waals surface area contributed by atoms with E-state index >= 15 is 0 Å². The zero-order valence-corrected chi connectivity index (χ0v) is 12.6. The van der Waals surface area contributed by atoms with E-state index in [4.69, 9.17) is 0 Å². The Bertz CT molecular complexity index is 366. The van der Waals surface area contributed by atoms with Gasteiger partial charge in [-0.15, -0.1) is 0 Å².